The molecule has 2 amide bonds. The number of ether oxygens (including phenoxy) is 3. The van der Waals surface area contributed by atoms with E-state index in [1.807, 2.05) is 24.3 Å². The Morgan fingerprint density at radius 1 is 1.22 bits per heavy atom. The first-order valence-electron chi connectivity index (χ1n) is 12.8. The molecular weight excluding hydrogens is 470 g/mol. The van der Waals surface area contributed by atoms with Crippen molar-refractivity contribution in [2.24, 2.45) is 5.92 Å². The lowest BCUT2D eigenvalue weighted by Crippen LogP contribution is -2.33. The van der Waals surface area contributed by atoms with E-state index in [4.69, 9.17) is 14.2 Å². The molecule has 0 spiro atoms. The van der Waals surface area contributed by atoms with Crippen LogP contribution in [0.3, 0.4) is 0 Å². The number of anilines is 1. The lowest BCUT2D eigenvalue weighted by molar-refractivity contribution is -0.139. The first kappa shape index (κ1) is 23.5. The fraction of sp³-hybridized carbons (Fsp3) is 0.379. The van der Waals surface area contributed by atoms with Crippen molar-refractivity contribution in [2.75, 3.05) is 32.2 Å². The fourth-order valence-electron chi connectivity index (χ4n) is 5.66. The highest BCUT2D eigenvalue weighted by molar-refractivity contribution is 6.11. The predicted octanol–water partition coefficient (Wildman–Crippen LogP) is 4.67. The number of benzene rings is 2. The summed E-state index contributed by atoms with van der Waals surface area (Å²) < 4.78 is 19.8. The molecule has 0 radical (unpaired) electrons. The van der Waals surface area contributed by atoms with Crippen LogP contribution in [-0.2, 0) is 16.1 Å². The highest BCUT2D eigenvalue weighted by atomic mass is 16.6. The van der Waals surface area contributed by atoms with Gasteiger partial charge in [-0.25, -0.2) is 0 Å². The van der Waals surface area contributed by atoms with Crippen LogP contribution >= 0.6 is 0 Å². The van der Waals surface area contributed by atoms with E-state index in [-0.39, 0.29) is 18.4 Å². The molecule has 3 aliphatic heterocycles. The number of hydrogen-bond acceptors (Lipinski definition) is 6. The van der Waals surface area contributed by atoms with Crippen molar-refractivity contribution >= 4 is 28.4 Å². The van der Waals surface area contributed by atoms with Gasteiger partial charge in [0.2, 0.25) is 11.7 Å². The van der Waals surface area contributed by atoms with E-state index >= 15 is 0 Å². The Labute approximate surface area is 215 Å². The van der Waals surface area contributed by atoms with Crippen LogP contribution in [0.4, 0.5) is 5.69 Å². The topological polar surface area (TPSA) is 82.0 Å². The number of fused-ring (bicyclic) bond motifs is 1. The minimum atomic E-state index is -0.421. The van der Waals surface area contributed by atoms with Crippen LogP contribution in [-0.4, -0.2) is 48.1 Å². The molecule has 4 heterocycles. The van der Waals surface area contributed by atoms with Gasteiger partial charge in [0.15, 0.2) is 11.5 Å². The van der Waals surface area contributed by atoms with E-state index < -0.39 is 5.92 Å². The van der Waals surface area contributed by atoms with Crippen molar-refractivity contribution in [2.45, 2.75) is 39.7 Å². The third kappa shape index (κ3) is 3.74. The molecule has 0 saturated heterocycles. The smallest absolute Gasteiger partial charge is 0.259 e. The molecule has 6 rings (SSSR count). The van der Waals surface area contributed by atoms with Gasteiger partial charge < -0.3 is 24.1 Å². The highest BCUT2D eigenvalue weighted by Gasteiger charge is 2.42. The molecule has 0 aliphatic carbocycles. The van der Waals surface area contributed by atoms with Crippen LogP contribution in [0.2, 0.25) is 0 Å². The molecule has 1 aromatic heterocycles. The van der Waals surface area contributed by atoms with Crippen molar-refractivity contribution in [1.29, 1.82) is 0 Å². The van der Waals surface area contributed by atoms with Gasteiger partial charge in [0.25, 0.3) is 5.91 Å². The molecule has 0 saturated carbocycles. The van der Waals surface area contributed by atoms with E-state index in [0.29, 0.717) is 42.0 Å². The summed E-state index contributed by atoms with van der Waals surface area (Å²) in [4.78, 5) is 27.5. The third-order valence-electron chi connectivity index (χ3n) is 7.45. The number of amides is 2. The van der Waals surface area contributed by atoms with Crippen LogP contribution in [0.5, 0.6) is 17.2 Å². The number of hydrogen-bond donors (Lipinski definition) is 1. The number of rotatable bonds is 5. The van der Waals surface area contributed by atoms with Gasteiger partial charge in [-0.05, 0) is 47.7 Å². The molecular formula is C29H31N3O5. The van der Waals surface area contributed by atoms with Crippen molar-refractivity contribution in [3.63, 3.8) is 0 Å². The van der Waals surface area contributed by atoms with Gasteiger partial charge in [-0.3, -0.25) is 14.5 Å². The van der Waals surface area contributed by atoms with Gasteiger partial charge in [0, 0.05) is 42.4 Å². The minimum absolute atomic E-state index is 0.218. The minimum Gasteiger partial charge on any atom is -0.493 e. The van der Waals surface area contributed by atoms with Crippen LogP contribution in [0, 0.1) is 5.92 Å². The first-order valence-corrected chi connectivity index (χ1v) is 12.8. The molecule has 1 atom stereocenters. The Kier molecular flexibility index (Phi) is 5.62. The summed E-state index contributed by atoms with van der Waals surface area (Å²) >= 11 is 0. The van der Waals surface area contributed by atoms with Crippen LogP contribution < -0.4 is 19.5 Å². The number of imide groups is 1. The maximum absolute atomic E-state index is 13.8. The molecule has 8 heteroatoms. The van der Waals surface area contributed by atoms with Crippen LogP contribution in [0.1, 0.15) is 44.2 Å². The van der Waals surface area contributed by atoms with Gasteiger partial charge in [0.05, 0.1) is 24.7 Å². The van der Waals surface area contributed by atoms with E-state index in [0.717, 1.165) is 46.4 Å². The van der Waals surface area contributed by atoms with Gasteiger partial charge in [0.1, 0.15) is 13.2 Å². The molecule has 0 bridgehead atoms. The number of aryl methyl sites for hydroxylation is 1. The average molecular weight is 502 g/mol. The molecule has 8 nitrogen and oxygen atoms in total. The summed E-state index contributed by atoms with van der Waals surface area (Å²) in [6.07, 6.45) is 3.21. The number of carbonyl (C=O) groups excluding carboxylic acids is 2. The number of carbonyl (C=O) groups is 2. The van der Waals surface area contributed by atoms with E-state index in [2.05, 4.69) is 36.0 Å². The Morgan fingerprint density at radius 2 is 2.03 bits per heavy atom. The van der Waals surface area contributed by atoms with Gasteiger partial charge >= 0.3 is 0 Å². The Hall–Kier alpha value is -3.94. The monoisotopic (exact) mass is 501 g/mol. The quantitative estimate of drug-likeness (QED) is 0.547. The molecule has 3 aromatic rings. The van der Waals surface area contributed by atoms with Gasteiger partial charge in [-0.15, -0.1) is 0 Å². The Balaban J connectivity index is 1.60. The molecule has 1 unspecified atom stereocenters. The fourth-order valence-corrected chi connectivity index (χ4v) is 5.66. The van der Waals surface area contributed by atoms with Crippen LogP contribution in [0.25, 0.3) is 10.9 Å². The van der Waals surface area contributed by atoms with Crippen molar-refractivity contribution in [3.05, 3.63) is 58.9 Å². The predicted molar refractivity (Wildman–Crippen MR) is 140 cm³/mol. The second-order valence-corrected chi connectivity index (χ2v) is 10.3. The van der Waals surface area contributed by atoms with E-state index in [1.54, 1.807) is 7.11 Å². The van der Waals surface area contributed by atoms with Crippen molar-refractivity contribution in [1.82, 2.24) is 9.47 Å². The molecule has 1 N–H and O–H groups in total. The zero-order chi connectivity index (χ0) is 25.8. The Bertz CT molecular complexity index is 1450. The maximum atomic E-state index is 13.8. The summed E-state index contributed by atoms with van der Waals surface area (Å²) in [7, 11) is 1.60. The van der Waals surface area contributed by atoms with E-state index in [9.17, 15) is 9.59 Å². The number of nitrogens with zero attached hydrogens (tertiary/aromatic N) is 2. The van der Waals surface area contributed by atoms with Crippen LogP contribution in [0.15, 0.2) is 47.8 Å². The highest BCUT2D eigenvalue weighted by Crippen LogP contribution is 2.50. The van der Waals surface area contributed by atoms with Gasteiger partial charge in [-0.1, -0.05) is 19.9 Å². The molecule has 192 valence electrons. The summed E-state index contributed by atoms with van der Waals surface area (Å²) in [6, 6.07) is 10.1. The van der Waals surface area contributed by atoms with E-state index in [1.165, 1.54) is 11.8 Å². The second-order valence-electron chi connectivity index (χ2n) is 10.3. The normalized spacial score (nSPS) is 18.2. The first-order chi connectivity index (χ1) is 17.9. The lowest BCUT2D eigenvalue weighted by atomic mass is 9.84. The average Bonchev–Trinajstić information content (AvgIpc) is 3.36. The number of aromatic nitrogens is 1. The van der Waals surface area contributed by atoms with Crippen molar-refractivity contribution in [3.8, 4) is 17.2 Å². The lowest BCUT2D eigenvalue weighted by Gasteiger charge is -2.25. The molecule has 37 heavy (non-hydrogen) atoms. The summed E-state index contributed by atoms with van der Waals surface area (Å²) in [5, 5.41) is 4.62. The molecule has 3 aliphatic rings. The largest absolute Gasteiger partial charge is 0.493 e. The number of nitrogens with one attached hydrogen (secondary N) is 1. The SMILES string of the molecule is COc1cc(C2C3=C(CN(C(C)=O)C3=O)Nc3cccc4c3c2cn4CCC(C)C)cc2c1OCCO2. The molecule has 0 fully saturated rings. The second kappa shape index (κ2) is 8.87. The summed E-state index contributed by atoms with van der Waals surface area (Å²) in [5.41, 5.74) is 5.25. The maximum Gasteiger partial charge on any atom is 0.259 e. The number of methoxy groups -OCH3 is 1. The summed E-state index contributed by atoms with van der Waals surface area (Å²) in [5.74, 6) is 1.32. The molecule has 2 aromatic carbocycles. The third-order valence-corrected chi connectivity index (χ3v) is 7.45. The standard InChI is InChI=1S/C29H31N3O5/c1-16(2)8-9-31-14-19-25(18-12-23(35-4)28-24(13-18)36-10-11-37-28)27-21(15-32(17(3)33)29(27)34)30-20-6-5-7-22(31)26(19)20/h5-7,12-14,16,25,30H,8-11,15H2,1-4H3. The van der Waals surface area contributed by atoms with Crippen molar-refractivity contribution < 1.29 is 23.8 Å². The Morgan fingerprint density at radius 3 is 2.78 bits per heavy atom. The zero-order valence-electron chi connectivity index (χ0n) is 21.6. The zero-order valence-corrected chi connectivity index (χ0v) is 21.6. The van der Waals surface area contributed by atoms with Gasteiger partial charge in [-0.2, -0.15) is 0 Å². The summed E-state index contributed by atoms with van der Waals surface area (Å²) in [6.45, 7) is 7.85.